The van der Waals surface area contributed by atoms with Crippen molar-refractivity contribution in [2.24, 2.45) is 0 Å². The van der Waals surface area contributed by atoms with Gasteiger partial charge in [-0.05, 0) is 41.5 Å². The Hall–Kier alpha value is -5.47. The van der Waals surface area contributed by atoms with Crippen LogP contribution in [-0.4, -0.2) is 36.4 Å². The van der Waals surface area contributed by atoms with Gasteiger partial charge in [-0.15, -0.1) is 0 Å². The molecular formula is C35H25ClF4N4O3. The first-order valence-corrected chi connectivity index (χ1v) is 14.5. The molecule has 0 aliphatic heterocycles. The van der Waals surface area contributed by atoms with Crippen LogP contribution < -0.4 is 10.6 Å². The standard InChI is InChI=1S/C35H25ClF4N4O3/c1-47-35(46)29(15-21-10-12-25(32-23(21)8-5-13-42-32)24-11-9-19(18-41)14-26(24)36)44-34(45)30-27(37)16-22(17-28(30)38)43-31(33(39)40)20-6-3-2-4-7-20/h2-14,16-17,29,31,33,43H,15H2,1H3,(H,44,45)/t29-,31+/m0/s1. The van der Waals surface area contributed by atoms with Crippen molar-refractivity contribution in [3.8, 4) is 17.2 Å². The van der Waals surface area contributed by atoms with E-state index in [0.29, 0.717) is 38.2 Å². The number of alkyl halides is 2. The molecule has 0 radical (unpaired) electrons. The van der Waals surface area contributed by atoms with Crippen LogP contribution >= 0.6 is 11.6 Å². The molecule has 2 N–H and O–H groups in total. The highest BCUT2D eigenvalue weighted by molar-refractivity contribution is 6.33. The van der Waals surface area contributed by atoms with Crippen molar-refractivity contribution in [1.82, 2.24) is 10.3 Å². The predicted molar refractivity (Wildman–Crippen MR) is 169 cm³/mol. The summed E-state index contributed by atoms with van der Waals surface area (Å²) in [7, 11) is 1.10. The Kier molecular flexibility index (Phi) is 10.0. The fourth-order valence-electron chi connectivity index (χ4n) is 5.22. The highest BCUT2D eigenvalue weighted by Crippen LogP contribution is 2.35. The number of ether oxygens (including phenoxy) is 1. The number of hydrogen-bond acceptors (Lipinski definition) is 6. The topological polar surface area (TPSA) is 104 Å². The van der Waals surface area contributed by atoms with Crippen LogP contribution in [-0.2, 0) is 16.0 Å². The number of nitrogens with one attached hydrogen (secondary N) is 2. The zero-order valence-electron chi connectivity index (χ0n) is 24.6. The van der Waals surface area contributed by atoms with Gasteiger partial charge < -0.3 is 15.4 Å². The van der Waals surface area contributed by atoms with Gasteiger partial charge in [0, 0.05) is 39.8 Å². The number of carbonyl (C=O) groups is 2. The number of carbonyl (C=O) groups excluding carboxylic acids is 2. The van der Waals surface area contributed by atoms with Crippen molar-refractivity contribution in [3.63, 3.8) is 0 Å². The Morgan fingerprint density at radius 1 is 0.957 bits per heavy atom. The third kappa shape index (κ3) is 7.18. The van der Waals surface area contributed by atoms with Gasteiger partial charge in [-0.1, -0.05) is 66.2 Å². The highest BCUT2D eigenvalue weighted by Gasteiger charge is 2.29. The lowest BCUT2D eigenvalue weighted by molar-refractivity contribution is -0.142. The average Bonchev–Trinajstić information content (AvgIpc) is 3.06. The minimum Gasteiger partial charge on any atom is -0.467 e. The maximum absolute atomic E-state index is 15.2. The number of nitrogens with zero attached hydrogens (tertiary/aromatic N) is 2. The van der Waals surface area contributed by atoms with Gasteiger partial charge in [-0.2, -0.15) is 5.26 Å². The second kappa shape index (κ2) is 14.3. The molecular weight excluding hydrogens is 636 g/mol. The van der Waals surface area contributed by atoms with E-state index in [1.807, 2.05) is 6.07 Å². The number of anilines is 1. The van der Waals surface area contributed by atoms with Crippen LogP contribution in [0.1, 0.15) is 33.1 Å². The van der Waals surface area contributed by atoms with Crippen LogP contribution in [0.4, 0.5) is 23.2 Å². The first-order valence-electron chi connectivity index (χ1n) is 14.1. The summed E-state index contributed by atoms with van der Waals surface area (Å²) < 4.78 is 62.8. The van der Waals surface area contributed by atoms with E-state index in [-0.39, 0.29) is 17.7 Å². The number of benzene rings is 4. The van der Waals surface area contributed by atoms with Crippen LogP contribution in [0.25, 0.3) is 22.0 Å². The second-order valence-corrected chi connectivity index (χ2v) is 10.8. The van der Waals surface area contributed by atoms with Crippen LogP contribution in [0.15, 0.2) is 91.1 Å². The number of methoxy groups -OCH3 is 1. The Balaban J connectivity index is 1.42. The summed E-state index contributed by atoms with van der Waals surface area (Å²) in [6.07, 6.45) is -1.48. The first kappa shape index (κ1) is 32.9. The SMILES string of the molecule is COC(=O)[C@H](Cc1ccc(-c2ccc(C#N)cc2Cl)c2ncccc12)NC(=O)c1c(F)cc(N[C@H](c2ccccc2)C(F)F)cc1F. The molecule has 0 unspecified atom stereocenters. The molecule has 5 rings (SSSR count). The molecule has 0 bridgehead atoms. The van der Waals surface area contributed by atoms with E-state index < -0.39 is 47.6 Å². The van der Waals surface area contributed by atoms with E-state index in [9.17, 15) is 23.6 Å². The average molecular weight is 661 g/mol. The molecule has 0 spiro atoms. The summed E-state index contributed by atoms with van der Waals surface area (Å²) in [5, 5.41) is 14.9. The van der Waals surface area contributed by atoms with Crippen molar-refractivity contribution in [2.75, 3.05) is 12.4 Å². The molecule has 7 nitrogen and oxygen atoms in total. The maximum Gasteiger partial charge on any atom is 0.328 e. The molecule has 0 saturated heterocycles. The van der Waals surface area contributed by atoms with Gasteiger partial charge in [-0.3, -0.25) is 9.78 Å². The van der Waals surface area contributed by atoms with Gasteiger partial charge in [0.25, 0.3) is 12.3 Å². The van der Waals surface area contributed by atoms with E-state index in [0.717, 1.165) is 19.2 Å². The van der Waals surface area contributed by atoms with Gasteiger partial charge in [0.15, 0.2) is 0 Å². The first-order chi connectivity index (χ1) is 22.6. The van der Waals surface area contributed by atoms with Gasteiger partial charge in [0.05, 0.1) is 24.3 Å². The fraction of sp³-hybridized carbons (Fsp3) is 0.143. The summed E-state index contributed by atoms with van der Waals surface area (Å²) in [5.74, 6) is -4.78. The molecule has 238 valence electrons. The molecule has 0 aliphatic carbocycles. The normalized spacial score (nSPS) is 12.3. The minimum absolute atomic E-state index is 0.141. The smallest absolute Gasteiger partial charge is 0.328 e. The zero-order chi connectivity index (χ0) is 33.7. The van der Waals surface area contributed by atoms with Crippen molar-refractivity contribution in [1.29, 1.82) is 5.26 Å². The third-order valence-corrected chi connectivity index (χ3v) is 7.78. The number of nitriles is 1. The number of fused-ring (bicyclic) bond motifs is 1. The van der Waals surface area contributed by atoms with Crippen LogP contribution in [0, 0.1) is 23.0 Å². The van der Waals surface area contributed by atoms with Crippen molar-refractivity contribution in [2.45, 2.75) is 24.9 Å². The Morgan fingerprint density at radius 2 is 1.66 bits per heavy atom. The number of halogens is 5. The lowest BCUT2D eigenvalue weighted by atomic mass is 9.94. The minimum atomic E-state index is -2.91. The number of aromatic nitrogens is 1. The summed E-state index contributed by atoms with van der Waals surface area (Å²) in [4.78, 5) is 30.5. The molecule has 1 amide bonds. The van der Waals surface area contributed by atoms with E-state index in [4.69, 9.17) is 16.3 Å². The number of rotatable bonds is 10. The largest absolute Gasteiger partial charge is 0.467 e. The molecule has 5 aromatic rings. The summed E-state index contributed by atoms with van der Waals surface area (Å²) >= 11 is 6.46. The Morgan fingerprint density at radius 3 is 2.30 bits per heavy atom. The number of pyridine rings is 1. The lowest BCUT2D eigenvalue weighted by Gasteiger charge is -2.21. The van der Waals surface area contributed by atoms with E-state index in [2.05, 4.69) is 15.6 Å². The third-order valence-electron chi connectivity index (χ3n) is 7.47. The van der Waals surface area contributed by atoms with E-state index in [1.54, 1.807) is 60.8 Å². The van der Waals surface area contributed by atoms with Gasteiger partial charge in [0.1, 0.15) is 29.3 Å². The van der Waals surface area contributed by atoms with Crippen molar-refractivity contribution < 1.29 is 31.9 Å². The summed E-state index contributed by atoms with van der Waals surface area (Å²) in [5.41, 5.74) is 1.60. The van der Waals surface area contributed by atoms with Crippen molar-refractivity contribution in [3.05, 3.63) is 130 Å². The molecule has 12 heteroatoms. The van der Waals surface area contributed by atoms with Crippen LogP contribution in [0.3, 0.4) is 0 Å². The highest BCUT2D eigenvalue weighted by atomic mass is 35.5. The number of hydrogen-bond donors (Lipinski definition) is 2. The molecule has 4 aromatic carbocycles. The predicted octanol–water partition coefficient (Wildman–Crippen LogP) is 7.64. The molecule has 2 atom stereocenters. The Bertz CT molecular complexity index is 1980. The van der Waals surface area contributed by atoms with E-state index >= 15 is 8.78 Å². The Labute approximate surface area is 271 Å². The molecule has 1 heterocycles. The molecule has 0 aliphatic rings. The maximum atomic E-state index is 15.2. The van der Waals surface area contributed by atoms with Crippen LogP contribution in [0.2, 0.25) is 5.02 Å². The molecule has 47 heavy (non-hydrogen) atoms. The van der Waals surface area contributed by atoms with E-state index in [1.165, 1.54) is 18.2 Å². The van der Waals surface area contributed by atoms with Gasteiger partial charge in [0.2, 0.25) is 0 Å². The molecule has 0 saturated carbocycles. The fourth-order valence-corrected chi connectivity index (χ4v) is 5.50. The van der Waals surface area contributed by atoms with Gasteiger partial charge >= 0.3 is 5.97 Å². The summed E-state index contributed by atoms with van der Waals surface area (Å²) in [6, 6.07) is 19.9. The summed E-state index contributed by atoms with van der Waals surface area (Å²) in [6.45, 7) is 0. The molecule has 1 aromatic heterocycles. The quantitative estimate of drug-likeness (QED) is 0.118. The van der Waals surface area contributed by atoms with Gasteiger partial charge in [-0.25, -0.2) is 22.4 Å². The number of amides is 1. The second-order valence-electron chi connectivity index (χ2n) is 10.4. The zero-order valence-corrected chi connectivity index (χ0v) is 25.4. The van der Waals surface area contributed by atoms with Crippen LogP contribution in [0.5, 0.6) is 0 Å². The number of esters is 1. The lowest BCUT2D eigenvalue weighted by Crippen LogP contribution is -2.43. The van der Waals surface area contributed by atoms with Crippen molar-refractivity contribution >= 4 is 40.1 Å². The molecule has 0 fully saturated rings. The monoisotopic (exact) mass is 660 g/mol.